The summed E-state index contributed by atoms with van der Waals surface area (Å²) in [7, 11) is 3.72. The van der Waals surface area contributed by atoms with E-state index in [1.54, 1.807) is 25.3 Å². The zero-order chi connectivity index (χ0) is 19.2. The van der Waals surface area contributed by atoms with Crippen LogP contribution >= 0.6 is 11.6 Å². The Morgan fingerprint density at radius 3 is 2.48 bits per heavy atom. The monoisotopic (exact) mass is 388 g/mol. The molecule has 2 aromatic carbocycles. The van der Waals surface area contributed by atoms with E-state index in [1.165, 1.54) is 5.69 Å². The van der Waals surface area contributed by atoms with Gasteiger partial charge in [0.05, 0.1) is 19.3 Å². The Morgan fingerprint density at radius 1 is 1.11 bits per heavy atom. The van der Waals surface area contributed by atoms with Crippen molar-refractivity contribution in [2.24, 2.45) is 0 Å². The molecule has 144 valence electrons. The summed E-state index contributed by atoms with van der Waals surface area (Å²) >= 11 is 6.00. The van der Waals surface area contributed by atoms with Crippen molar-refractivity contribution >= 4 is 34.6 Å². The molecule has 7 heteroatoms. The number of rotatable bonds is 6. The largest absolute Gasteiger partial charge is 0.495 e. The van der Waals surface area contributed by atoms with Crippen molar-refractivity contribution in [1.29, 1.82) is 0 Å². The minimum absolute atomic E-state index is 0.122. The number of carbonyl (C=O) groups excluding carboxylic acids is 1. The Kier molecular flexibility index (Phi) is 6.42. The summed E-state index contributed by atoms with van der Waals surface area (Å²) in [5.41, 5.74) is 2.64. The number of nitrogens with zero attached hydrogens (tertiary/aromatic N) is 2. The molecule has 1 aliphatic heterocycles. The van der Waals surface area contributed by atoms with Crippen LogP contribution in [0.2, 0.25) is 5.02 Å². The molecule has 0 saturated carbocycles. The van der Waals surface area contributed by atoms with Crippen molar-refractivity contribution in [1.82, 2.24) is 4.90 Å². The summed E-state index contributed by atoms with van der Waals surface area (Å²) in [5.74, 6) is 0.508. The second kappa shape index (κ2) is 8.97. The highest BCUT2D eigenvalue weighted by Crippen LogP contribution is 2.27. The average Bonchev–Trinajstić information content (AvgIpc) is 2.68. The number of benzene rings is 2. The zero-order valence-corrected chi connectivity index (χ0v) is 16.4. The van der Waals surface area contributed by atoms with Gasteiger partial charge in [-0.05, 0) is 49.5 Å². The Labute approximate surface area is 165 Å². The number of halogens is 1. The maximum atomic E-state index is 12.2. The van der Waals surface area contributed by atoms with Gasteiger partial charge in [0.25, 0.3) is 0 Å². The molecule has 6 nitrogen and oxygen atoms in total. The lowest BCUT2D eigenvalue weighted by Gasteiger charge is -2.34. The van der Waals surface area contributed by atoms with Crippen LogP contribution in [0.3, 0.4) is 0 Å². The molecule has 1 fully saturated rings. The number of ether oxygens (including phenoxy) is 1. The first-order valence-electron chi connectivity index (χ1n) is 8.96. The number of methoxy groups -OCH3 is 1. The highest BCUT2D eigenvalue weighted by molar-refractivity contribution is 6.30. The number of amides is 1. The zero-order valence-electron chi connectivity index (χ0n) is 15.7. The molecule has 0 radical (unpaired) electrons. The molecule has 27 heavy (non-hydrogen) atoms. The quantitative estimate of drug-likeness (QED) is 0.796. The number of anilines is 3. The second-order valence-corrected chi connectivity index (χ2v) is 7.02. The van der Waals surface area contributed by atoms with Crippen molar-refractivity contribution in [3.8, 4) is 5.75 Å². The van der Waals surface area contributed by atoms with Crippen molar-refractivity contribution in [3.05, 3.63) is 47.5 Å². The van der Waals surface area contributed by atoms with Gasteiger partial charge in [0.15, 0.2) is 0 Å². The number of hydrogen-bond acceptors (Lipinski definition) is 5. The number of hydrogen-bond donors (Lipinski definition) is 2. The summed E-state index contributed by atoms with van der Waals surface area (Å²) in [6.45, 7) is 4.30. The fraction of sp³-hybridized carbons (Fsp3) is 0.350. The number of nitrogens with one attached hydrogen (secondary N) is 2. The molecular formula is C20H25ClN4O2. The molecule has 1 saturated heterocycles. The van der Waals surface area contributed by atoms with Crippen molar-refractivity contribution in [3.63, 3.8) is 0 Å². The van der Waals surface area contributed by atoms with Crippen LogP contribution in [0.25, 0.3) is 0 Å². The molecule has 1 aliphatic rings. The number of carbonyl (C=O) groups is 1. The summed E-state index contributed by atoms with van der Waals surface area (Å²) in [6, 6.07) is 13.2. The lowest BCUT2D eigenvalue weighted by Crippen LogP contribution is -2.44. The van der Waals surface area contributed by atoms with Gasteiger partial charge in [0.1, 0.15) is 5.75 Å². The van der Waals surface area contributed by atoms with E-state index in [4.69, 9.17) is 16.3 Å². The maximum absolute atomic E-state index is 12.2. The highest BCUT2D eigenvalue weighted by Gasteiger charge is 2.14. The SMILES string of the molecule is COc1ccc(Cl)cc1NCC(=O)Nc1ccc(N2CCN(C)CC2)cc1. The van der Waals surface area contributed by atoms with E-state index in [2.05, 4.69) is 27.5 Å². The van der Waals surface area contributed by atoms with Gasteiger partial charge in [0.2, 0.25) is 5.91 Å². The maximum Gasteiger partial charge on any atom is 0.243 e. The van der Waals surface area contributed by atoms with Gasteiger partial charge in [-0.3, -0.25) is 4.79 Å². The van der Waals surface area contributed by atoms with E-state index in [1.807, 2.05) is 24.3 Å². The minimum Gasteiger partial charge on any atom is -0.495 e. The summed E-state index contributed by atoms with van der Waals surface area (Å²) in [4.78, 5) is 16.9. The number of likely N-dealkylation sites (N-methyl/N-ethyl adjacent to an activating group) is 1. The molecule has 2 N–H and O–H groups in total. The minimum atomic E-state index is -0.135. The van der Waals surface area contributed by atoms with E-state index in [-0.39, 0.29) is 12.5 Å². The molecule has 0 atom stereocenters. The smallest absolute Gasteiger partial charge is 0.243 e. The average molecular weight is 389 g/mol. The van der Waals surface area contributed by atoms with Crippen LogP contribution in [0.4, 0.5) is 17.1 Å². The molecule has 0 bridgehead atoms. The van der Waals surface area contributed by atoms with E-state index in [9.17, 15) is 4.79 Å². The van der Waals surface area contributed by atoms with Crippen LogP contribution in [0.5, 0.6) is 5.75 Å². The molecule has 3 rings (SSSR count). The third-order valence-corrected chi connectivity index (χ3v) is 4.86. The molecule has 0 aliphatic carbocycles. The van der Waals surface area contributed by atoms with Gasteiger partial charge in [-0.1, -0.05) is 11.6 Å². The van der Waals surface area contributed by atoms with Crippen LogP contribution in [0.15, 0.2) is 42.5 Å². The summed E-state index contributed by atoms with van der Waals surface area (Å²) < 4.78 is 5.27. The molecule has 2 aromatic rings. The Bertz CT molecular complexity index is 774. The Hall–Kier alpha value is -2.44. The van der Waals surface area contributed by atoms with E-state index in [0.717, 1.165) is 31.9 Å². The lowest BCUT2D eigenvalue weighted by molar-refractivity contribution is -0.114. The van der Waals surface area contributed by atoms with Gasteiger partial charge in [-0.15, -0.1) is 0 Å². The van der Waals surface area contributed by atoms with E-state index < -0.39 is 0 Å². The predicted molar refractivity (Wildman–Crippen MR) is 111 cm³/mol. The Morgan fingerprint density at radius 2 is 1.81 bits per heavy atom. The first-order valence-corrected chi connectivity index (χ1v) is 9.34. The second-order valence-electron chi connectivity index (χ2n) is 6.58. The third kappa shape index (κ3) is 5.28. The number of piperazine rings is 1. The lowest BCUT2D eigenvalue weighted by atomic mass is 10.2. The predicted octanol–water partition coefficient (Wildman–Crippen LogP) is 3.15. The molecule has 0 unspecified atom stereocenters. The van der Waals surface area contributed by atoms with Gasteiger partial charge >= 0.3 is 0 Å². The van der Waals surface area contributed by atoms with Crippen molar-refractivity contribution < 1.29 is 9.53 Å². The van der Waals surface area contributed by atoms with Gasteiger partial charge < -0.3 is 25.2 Å². The first-order chi connectivity index (χ1) is 13.0. The highest BCUT2D eigenvalue weighted by atomic mass is 35.5. The standard InChI is InChI=1S/C20H25ClN4O2/c1-24-9-11-25(12-10-24)17-6-4-16(5-7-17)23-20(26)14-22-18-13-15(21)3-8-19(18)27-2/h3-8,13,22H,9-12,14H2,1-2H3,(H,23,26). The Balaban J connectivity index is 1.53. The summed E-state index contributed by atoms with van der Waals surface area (Å²) in [6.07, 6.45) is 0. The van der Waals surface area contributed by atoms with Crippen LogP contribution < -0.4 is 20.3 Å². The normalized spacial score (nSPS) is 14.7. The van der Waals surface area contributed by atoms with Gasteiger partial charge in [0, 0.05) is 42.6 Å². The van der Waals surface area contributed by atoms with Crippen molar-refractivity contribution in [2.45, 2.75) is 0 Å². The van der Waals surface area contributed by atoms with E-state index in [0.29, 0.717) is 16.5 Å². The molecule has 0 aromatic heterocycles. The topological polar surface area (TPSA) is 56.8 Å². The molecule has 0 spiro atoms. The molecule has 1 heterocycles. The summed E-state index contributed by atoms with van der Waals surface area (Å²) in [5, 5.41) is 6.54. The third-order valence-electron chi connectivity index (χ3n) is 4.62. The van der Waals surface area contributed by atoms with Crippen LogP contribution in [-0.4, -0.2) is 57.7 Å². The molecular weight excluding hydrogens is 364 g/mol. The molecule has 1 amide bonds. The van der Waals surface area contributed by atoms with Crippen LogP contribution in [-0.2, 0) is 4.79 Å². The van der Waals surface area contributed by atoms with Crippen molar-refractivity contribution in [2.75, 3.05) is 62.4 Å². The fourth-order valence-electron chi connectivity index (χ4n) is 3.02. The fourth-order valence-corrected chi connectivity index (χ4v) is 3.19. The van der Waals surface area contributed by atoms with E-state index >= 15 is 0 Å². The first kappa shape index (κ1) is 19.3. The van der Waals surface area contributed by atoms with Gasteiger partial charge in [-0.2, -0.15) is 0 Å². The van der Waals surface area contributed by atoms with Crippen LogP contribution in [0.1, 0.15) is 0 Å². The van der Waals surface area contributed by atoms with Gasteiger partial charge in [-0.25, -0.2) is 0 Å². The van der Waals surface area contributed by atoms with Crippen LogP contribution in [0, 0.1) is 0 Å².